The number of aromatic amines is 1. The number of amides is 1. The van der Waals surface area contributed by atoms with Crippen molar-refractivity contribution in [1.29, 1.82) is 5.26 Å². The van der Waals surface area contributed by atoms with Gasteiger partial charge in [0.05, 0.1) is 30.2 Å². The average molecular weight is 325 g/mol. The van der Waals surface area contributed by atoms with Gasteiger partial charge in [0.15, 0.2) is 5.82 Å². The molecule has 0 saturated carbocycles. The molecule has 0 bridgehead atoms. The molecule has 1 fully saturated rings. The van der Waals surface area contributed by atoms with Gasteiger partial charge in [0.1, 0.15) is 5.82 Å². The Balaban J connectivity index is 1.76. The van der Waals surface area contributed by atoms with Crippen LogP contribution in [-0.4, -0.2) is 45.7 Å². The van der Waals surface area contributed by atoms with Crippen LogP contribution in [0.1, 0.15) is 35.2 Å². The molecule has 124 valence electrons. The van der Waals surface area contributed by atoms with Gasteiger partial charge in [0.25, 0.3) is 0 Å². The molecule has 2 atom stereocenters. The third-order valence-corrected chi connectivity index (χ3v) is 4.27. The second-order valence-corrected chi connectivity index (χ2v) is 5.92. The Morgan fingerprint density at radius 3 is 2.79 bits per heavy atom. The van der Waals surface area contributed by atoms with Crippen molar-refractivity contribution < 1.29 is 9.53 Å². The molecule has 1 N–H and O–H groups in total. The highest BCUT2D eigenvalue weighted by atomic mass is 16.5. The summed E-state index contributed by atoms with van der Waals surface area (Å²) < 4.78 is 5.43. The van der Waals surface area contributed by atoms with Crippen molar-refractivity contribution in [3.8, 4) is 6.07 Å². The van der Waals surface area contributed by atoms with Crippen molar-refractivity contribution in [2.24, 2.45) is 0 Å². The number of ether oxygens (including phenoxy) is 1. The van der Waals surface area contributed by atoms with Crippen LogP contribution in [-0.2, 0) is 16.0 Å². The zero-order valence-electron chi connectivity index (χ0n) is 13.7. The maximum absolute atomic E-state index is 12.8. The Hall–Kier alpha value is -2.72. The number of carbonyl (C=O) groups excluding carboxylic acids is 1. The van der Waals surface area contributed by atoms with E-state index in [2.05, 4.69) is 21.3 Å². The third-order valence-electron chi connectivity index (χ3n) is 4.27. The summed E-state index contributed by atoms with van der Waals surface area (Å²) in [7, 11) is 1.65. The molecule has 2 aromatic rings. The molecular weight excluding hydrogens is 306 g/mol. The maximum Gasteiger partial charge on any atom is 0.227 e. The highest BCUT2D eigenvalue weighted by Gasteiger charge is 2.38. The fraction of sp³-hybridized carbons (Fsp3) is 0.412. The first-order chi connectivity index (χ1) is 11.6. The molecule has 1 aromatic heterocycles. The molecule has 0 aliphatic carbocycles. The van der Waals surface area contributed by atoms with Crippen LogP contribution in [0, 0.1) is 18.3 Å². The molecule has 3 rings (SSSR count). The molecule has 7 nitrogen and oxygen atoms in total. The van der Waals surface area contributed by atoms with E-state index >= 15 is 0 Å². The monoisotopic (exact) mass is 325 g/mol. The predicted molar refractivity (Wildman–Crippen MR) is 85.8 cm³/mol. The molecule has 1 aliphatic heterocycles. The third kappa shape index (κ3) is 3.29. The first kappa shape index (κ1) is 16.1. The molecule has 1 saturated heterocycles. The molecule has 0 spiro atoms. The SMILES string of the molecule is CO[C@@H]1C[C@@H](c2n[nH]c(C)n2)N(C(=O)Cc2ccc(C#N)cc2)C1. The lowest BCUT2D eigenvalue weighted by Gasteiger charge is -2.22. The number of aromatic nitrogens is 3. The molecule has 7 heteroatoms. The molecule has 1 aliphatic rings. The lowest BCUT2D eigenvalue weighted by Crippen LogP contribution is -2.33. The molecule has 1 aromatic carbocycles. The summed E-state index contributed by atoms with van der Waals surface area (Å²) in [5, 5.41) is 15.9. The van der Waals surface area contributed by atoms with Crippen LogP contribution in [0.3, 0.4) is 0 Å². The van der Waals surface area contributed by atoms with E-state index in [0.717, 1.165) is 11.4 Å². The van der Waals surface area contributed by atoms with Crippen molar-refractivity contribution in [2.75, 3.05) is 13.7 Å². The minimum atomic E-state index is -0.175. The number of hydrogen-bond donors (Lipinski definition) is 1. The number of H-pyrrole nitrogens is 1. The van der Waals surface area contributed by atoms with Crippen LogP contribution in [0.5, 0.6) is 0 Å². The summed E-state index contributed by atoms with van der Waals surface area (Å²) >= 11 is 0. The smallest absolute Gasteiger partial charge is 0.227 e. The second-order valence-electron chi connectivity index (χ2n) is 5.92. The summed E-state index contributed by atoms with van der Waals surface area (Å²) in [4.78, 5) is 18.9. The van der Waals surface area contributed by atoms with Crippen molar-refractivity contribution in [2.45, 2.75) is 31.9 Å². The van der Waals surface area contributed by atoms with Crippen LogP contribution < -0.4 is 0 Å². The van der Waals surface area contributed by atoms with E-state index in [1.54, 1.807) is 24.1 Å². The first-order valence-electron chi connectivity index (χ1n) is 7.81. The van der Waals surface area contributed by atoms with Gasteiger partial charge in [0, 0.05) is 20.1 Å². The van der Waals surface area contributed by atoms with Gasteiger partial charge in [-0.15, -0.1) is 0 Å². The maximum atomic E-state index is 12.8. The van der Waals surface area contributed by atoms with Gasteiger partial charge < -0.3 is 9.64 Å². The van der Waals surface area contributed by atoms with Gasteiger partial charge in [0.2, 0.25) is 5.91 Å². The Kier molecular flexibility index (Phi) is 4.58. The fourth-order valence-corrected chi connectivity index (χ4v) is 2.97. The number of benzene rings is 1. The lowest BCUT2D eigenvalue weighted by molar-refractivity contribution is -0.131. The quantitative estimate of drug-likeness (QED) is 0.919. The van der Waals surface area contributed by atoms with Crippen molar-refractivity contribution in [3.05, 3.63) is 47.0 Å². The number of rotatable bonds is 4. The topological polar surface area (TPSA) is 94.9 Å². The van der Waals surface area contributed by atoms with E-state index in [1.165, 1.54) is 0 Å². The summed E-state index contributed by atoms with van der Waals surface area (Å²) in [5.41, 5.74) is 1.46. The zero-order valence-corrected chi connectivity index (χ0v) is 13.7. The highest BCUT2D eigenvalue weighted by Crippen LogP contribution is 2.32. The largest absolute Gasteiger partial charge is 0.380 e. The number of nitriles is 1. The number of nitrogens with one attached hydrogen (secondary N) is 1. The number of carbonyl (C=O) groups is 1. The summed E-state index contributed by atoms with van der Waals surface area (Å²) in [6, 6.07) is 8.97. The van der Waals surface area contributed by atoms with Crippen LogP contribution in [0.4, 0.5) is 0 Å². The molecule has 0 unspecified atom stereocenters. The van der Waals surface area contributed by atoms with E-state index in [1.807, 2.05) is 19.1 Å². The van der Waals surface area contributed by atoms with Crippen molar-refractivity contribution in [1.82, 2.24) is 20.1 Å². The van der Waals surface area contributed by atoms with E-state index in [-0.39, 0.29) is 24.5 Å². The number of likely N-dealkylation sites (tertiary alicyclic amines) is 1. The normalized spacial score (nSPS) is 20.1. The van der Waals surface area contributed by atoms with Crippen LogP contribution in [0.2, 0.25) is 0 Å². The Labute approximate surface area is 140 Å². The molecule has 1 amide bonds. The minimum absolute atomic E-state index is 0.00621. The standard InChI is InChI=1S/C17H19N5O2/c1-11-19-17(21-20-11)15-8-14(24-2)10-22(15)16(23)7-12-3-5-13(9-18)6-4-12/h3-6,14-15H,7-8,10H2,1-2H3,(H,19,20,21)/t14-,15+/m1/s1. The summed E-state index contributed by atoms with van der Waals surface area (Å²) in [6.07, 6.45) is 0.952. The molecule has 0 radical (unpaired) electrons. The average Bonchev–Trinajstić information content (AvgIpc) is 3.21. The first-order valence-corrected chi connectivity index (χ1v) is 7.81. The number of aryl methyl sites for hydroxylation is 1. The summed E-state index contributed by atoms with van der Waals surface area (Å²) in [6.45, 7) is 2.37. The van der Waals surface area contributed by atoms with Gasteiger partial charge >= 0.3 is 0 Å². The summed E-state index contributed by atoms with van der Waals surface area (Å²) in [5.74, 6) is 1.36. The molecule has 2 heterocycles. The van der Waals surface area contributed by atoms with E-state index < -0.39 is 0 Å². The number of methoxy groups -OCH3 is 1. The minimum Gasteiger partial charge on any atom is -0.380 e. The van der Waals surface area contributed by atoms with Gasteiger partial charge in [-0.05, 0) is 24.6 Å². The van der Waals surface area contributed by atoms with E-state index in [4.69, 9.17) is 10.00 Å². The van der Waals surface area contributed by atoms with Crippen molar-refractivity contribution >= 4 is 5.91 Å². The second kappa shape index (κ2) is 6.81. The van der Waals surface area contributed by atoms with Crippen molar-refractivity contribution in [3.63, 3.8) is 0 Å². The Morgan fingerprint density at radius 2 is 2.21 bits per heavy atom. The Bertz CT molecular complexity index is 762. The van der Waals surface area contributed by atoms with Gasteiger partial charge in [-0.3, -0.25) is 9.89 Å². The number of nitrogens with zero attached hydrogens (tertiary/aromatic N) is 4. The van der Waals surface area contributed by atoms with Gasteiger partial charge in [-0.2, -0.15) is 10.4 Å². The highest BCUT2D eigenvalue weighted by molar-refractivity contribution is 5.79. The lowest BCUT2D eigenvalue weighted by atomic mass is 10.1. The van der Waals surface area contributed by atoms with Crippen LogP contribution >= 0.6 is 0 Å². The number of hydrogen-bond acceptors (Lipinski definition) is 5. The fourth-order valence-electron chi connectivity index (χ4n) is 2.97. The molecular formula is C17H19N5O2. The van der Waals surface area contributed by atoms with Gasteiger partial charge in [-0.25, -0.2) is 4.98 Å². The Morgan fingerprint density at radius 1 is 1.46 bits per heavy atom. The van der Waals surface area contributed by atoms with Crippen LogP contribution in [0.15, 0.2) is 24.3 Å². The molecule has 24 heavy (non-hydrogen) atoms. The van der Waals surface area contributed by atoms with Crippen LogP contribution in [0.25, 0.3) is 0 Å². The van der Waals surface area contributed by atoms with E-state index in [9.17, 15) is 4.79 Å². The van der Waals surface area contributed by atoms with E-state index in [0.29, 0.717) is 24.4 Å². The predicted octanol–water partition coefficient (Wildman–Crippen LogP) is 1.52. The zero-order chi connectivity index (χ0) is 17.1. The van der Waals surface area contributed by atoms with Gasteiger partial charge in [-0.1, -0.05) is 12.1 Å².